The largest absolute Gasteiger partial charge is 0.457 e. The molecule has 0 aliphatic rings. The zero-order valence-electron chi connectivity index (χ0n) is 15.8. The molecule has 0 spiro atoms. The summed E-state index contributed by atoms with van der Waals surface area (Å²) in [5, 5.41) is 5.99. The molecule has 7 heteroatoms. The molecule has 30 heavy (non-hydrogen) atoms. The summed E-state index contributed by atoms with van der Waals surface area (Å²) in [6.45, 7) is 0.374. The molecule has 1 heterocycles. The molecule has 4 rings (SSSR count). The lowest BCUT2D eigenvalue weighted by Gasteiger charge is -2.09. The highest BCUT2D eigenvalue weighted by atomic mass is 35.5. The molecule has 0 saturated heterocycles. The van der Waals surface area contributed by atoms with Gasteiger partial charge in [-0.1, -0.05) is 65.7 Å². The molecule has 150 valence electrons. The van der Waals surface area contributed by atoms with Gasteiger partial charge in [0.05, 0.1) is 16.6 Å². The van der Waals surface area contributed by atoms with Crippen LogP contribution in [0.4, 0.5) is 5.82 Å². The first kappa shape index (κ1) is 20.0. The van der Waals surface area contributed by atoms with Crippen LogP contribution in [-0.2, 0) is 6.54 Å². The fourth-order valence-electron chi connectivity index (χ4n) is 2.92. The number of guanidine groups is 1. The fraction of sp³-hybridized carbons (Fsp3) is 0.0435. The molecule has 0 atom stereocenters. The number of hydrogen-bond donors (Lipinski definition) is 2. The smallest absolute Gasteiger partial charge is 0.194 e. The van der Waals surface area contributed by atoms with E-state index in [1.165, 1.54) is 11.6 Å². The number of aromatic nitrogens is 1. The standard InChI is InChI=1S/C23H18Cl2N4O/c24-18-12-21(25)22(27-14-18)29-23(26)28-13-15-4-3-7-19(10-15)30-20-9-8-16-5-1-2-6-17(16)11-20/h1-12,14H,13H2,(H3,26,27,28,29). The zero-order chi connectivity index (χ0) is 20.9. The number of pyridine rings is 1. The van der Waals surface area contributed by atoms with Crippen LogP contribution in [0.1, 0.15) is 5.56 Å². The van der Waals surface area contributed by atoms with Crippen molar-refractivity contribution in [1.29, 1.82) is 0 Å². The maximum atomic E-state index is 6.09. The predicted molar refractivity (Wildman–Crippen MR) is 124 cm³/mol. The van der Waals surface area contributed by atoms with Crippen molar-refractivity contribution in [3.05, 3.63) is 94.6 Å². The van der Waals surface area contributed by atoms with Crippen molar-refractivity contribution < 1.29 is 4.74 Å². The summed E-state index contributed by atoms with van der Waals surface area (Å²) in [6, 6.07) is 23.5. The summed E-state index contributed by atoms with van der Waals surface area (Å²) < 4.78 is 6.02. The first-order valence-corrected chi connectivity index (χ1v) is 9.96. The Morgan fingerprint density at radius 1 is 0.933 bits per heavy atom. The van der Waals surface area contributed by atoms with Crippen LogP contribution in [-0.4, -0.2) is 10.9 Å². The quantitative estimate of drug-likeness (QED) is 0.286. The molecule has 0 aliphatic carbocycles. The lowest BCUT2D eigenvalue weighted by molar-refractivity contribution is 0.483. The van der Waals surface area contributed by atoms with Crippen LogP contribution in [0, 0.1) is 0 Å². The zero-order valence-corrected chi connectivity index (χ0v) is 17.4. The van der Waals surface area contributed by atoms with Crippen LogP contribution in [0.25, 0.3) is 10.8 Å². The average molecular weight is 437 g/mol. The highest BCUT2D eigenvalue weighted by molar-refractivity contribution is 6.36. The van der Waals surface area contributed by atoms with Crippen molar-refractivity contribution >= 4 is 45.8 Å². The van der Waals surface area contributed by atoms with Gasteiger partial charge in [-0.05, 0) is 46.7 Å². The Hall–Kier alpha value is -3.28. The van der Waals surface area contributed by atoms with Gasteiger partial charge in [0.2, 0.25) is 0 Å². The monoisotopic (exact) mass is 436 g/mol. The molecule has 0 bridgehead atoms. The van der Waals surface area contributed by atoms with Crippen molar-refractivity contribution in [2.24, 2.45) is 10.7 Å². The average Bonchev–Trinajstić information content (AvgIpc) is 2.74. The highest BCUT2D eigenvalue weighted by Crippen LogP contribution is 2.26. The SMILES string of the molecule is NC(=NCc1cccc(Oc2ccc3ccccc3c2)c1)Nc1ncc(Cl)cc1Cl. The first-order chi connectivity index (χ1) is 14.6. The number of anilines is 1. The van der Waals surface area contributed by atoms with Gasteiger partial charge in [0, 0.05) is 6.20 Å². The van der Waals surface area contributed by atoms with E-state index in [1.807, 2.05) is 54.6 Å². The van der Waals surface area contributed by atoms with Crippen LogP contribution in [0.15, 0.2) is 84.0 Å². The lowest BCUT2D eigenvalue weighted by atomic mass is 10.1. The van der Waals surface area contributed by atoms with Crippen molar-refractivity contribution in [2.45, 2.75) is 6.54 Å². The molecule has 4 aromatic rings. The highest BCUT2D eigenvalue weighted by Gasteiger charge is 2.05. The molecule has 0 saturated carbocycles. The van der Waals surface area contributed by atoms with Gasteiger partial charge < -0.3 is 15.8 Å². The molecule has 1 aromatic heterocycles. The predicted octanol–water partition coefficient (Wildman–Crippen LogP) is 6.26. The van der Waals surface area contributed by atoms with E-state index >= 15 is 0 Å². The van der Waals surface area contributed by atoms with E-state index in [0.29, 0.717) is 22.4 Å². The summed E-state index contributed by atoms with van der Waals surface area (Å²) in [6.07, 6.45) is 1.48. The number of aliphatic imine (C=N–C) groups is 1. The van der Waals surface area contributed by atoms with Crippen molar-refractivity contribution in [3.8, 4) is 11.5 Å². The minimum Gasteiger partial charge on any atom is -0.457 e. The van der Waals surface area contributed by atoms with E-state index in [9.17, 15) is 0 Å². The van der Waals surface area contributed by atoms with Gasteiger partial charge >= 0.3 is 0 Å². The van der Waals surface area contributed by atoms with Gasteiger partial charge in [-0.2, -0.15) is 0 Å². The van der Waals surface area contributed by atoms with Crippen LogP contribution in [0.5, 0.6) is 11.5 Å². The Morgan fingerprint density at radius 3 is 2.57 bits per heavy atom. The Balaban J connectivity index is 1.44. The normalized spacial score (nSPS) is 11.5. The van der Waals surface area contributed by atoms with E-state index in [2.05, 4.69) is 27.4 Å². The first-order valence-electron chi connectivity index (χ1n) is 9.20. The third kappa shape index (κ3) is 5.00. The number of fused-ring (bicyclic) bond motifs is 1. The lowest BCUT2D eigenvalue weighted by Crippen LogP contribution is -2.23. The molecular weight excluding hydrogens is 419 g/mol. The Bertz CT molecular complexity index is 1230. The fourth-order valence-corrected chi connectivity index (χ4v) is 3.35. The molecule has 0 amide bonds. The van der Waals surface area contributed by atoms with Gasteiger partial charge in [-0.15, -0.1) is 0 Å². The van der Waals surface area contributed by atoms with Crippen LogP contribution >= 0.6 is 23.2 Å². The van der Waals surface area contributed by atoms with Gasteiger partial charge in [-0.3, -0.25) is 0 Å². The Morgan fingerprint density at radius 2 is 1.73 bits per heavy atom. The van der Waals surface area contributed by atoms with Crippen LogP contribution in [0.2, 0.25) is 10.0 Å². The number of ether oxygens (including phenoxy) is 1. The van der Waals surface area contributed by atoms with Gasteiger partial charge in [0.25, 0.3) is 0 Å². The summed E-state index contributed by atoms with van der Waals surface area (Å²) in [5.41, 5.74) is 6.90. The summed E-state index contributed by atoms with van der Waals surface area (Å²) >= 11 is 11.9. The second kappa shape index (κ2) is 9.03. The molecule has 0 fully saturated rings. The maximum absolute atomic E-state index is 6.09. The topological polar surface area (TPSA) is 72.5 Å². The number of rotatable bonds is 5. The summed E-state index contributed by atoms with van der Waals surface area (Å²) in [7, 11) is 0. The van der Waals surface area contributed by atoms with E-state index in [1.54, 1.807) is 6.07 Å². The molecular formula is C23H18Cl2N4O. The molecule has 3 N–H and O–H groups in total. The number of nitrogens with one attached hydrogen (secondary N) is 1. The van der Waals surface area contributed by atoms with Gasteiger partial charge in [0.15, 0.2) is 11.8 Å². The third-order valence-electron chi connectivity index (χ3n) is 4.34. The van der Waals surface area contributed by atoms with E-state index in [4.69, 9.17) is 33.7 Å². The second-order valence-corrected chi connectivity index (χ2v) is 7.41. The molecule has 0 unspecified atom stereocenters. The minimum absolute atomic E-state index is 0.201. The third-order valence-corrected chi connectivity index (χ3v) is 4.84. The van der Waals surface area contributed by atoms with E-state index < -0.39 is 0 Å². The van der Waals surface area contributed by atoms with Gasteiger partial charge in [-0.25, -0.2) is 9.98 Å². The molecule has 5 nitrogen and oxygen atoms in total. The molecule has 3 aromatic carbocycles. The van der Waals surface area contributed by atoms with Crippen LogP contribution in [0.3, 0.4) is 0 Å². The van der Waals surface area contributed by atoms with Crippen LogP contribution < -0.4 is 15.8 Å². The maximum Gasteiger partial charge on any atom is 0.194 e. The van der Waals surface area contributed by atoms with E-state index in [-0.39, 0.29) is 5.96 Å². The molecule has 0 radical (unpaired) electrons. The second-order valence-electron chi connectivity index (χ2n) is 6.57. The van der Waals surface area contributed by atoms with Crippen molar-refractivity contribution in [3.63, 3.8) is 0 Å². The number of hydrogen-bond acceptors (Lipinski definition) is 3. The van der Waals surface area contributed by atoms with E-state index in [0.717, 1.165) is 22.4 Å². The number of nitrogens with zero attached hydrogens (tertiary/aromatic N) is 2. The van der Waals surface area contributed by atoms with Crippen molar-refractivity contribution in [2.75, 3.05) is 5.32 Å². The van der Waals surface area contributed by atoms with Gasteiger partial charge in [0.1, 0.15) is 11.5 Å². The summed E-state index contributed by atoms with van der Waals surface area (Å²) in [4.78, 5) is 8.44. The summed E-state index contributed by atoms with van der Waals surface area (Å²) in [5.74, 6) is 2.11. The Labute approximate surface area is 184 Å². The number of halogens is 2. The van der Waals surface area contributed by atoms with Crippen molar-refractivity contribution in [1.82, 2.24) is 4.98 Å². The number of benzene rings is 3. The number of nitrogens with two attached hydrogens (primary N) is 1. The minimum atomic E-state index is 0.201. The molecule has 0 aliphatic heterocycles. The Kier molecular flexibility index (Phi) is 6.02.